The molecule has 0 aromatic heterocycles. The van der Waals surface area contributed by atoms with E-state index < -0.39 is 7.60 Å². The molecule has 0 aliphatic carbocycles. The molecule has 0 unspecified atom stereocenters. The first-order valence-corrected chi connectivity index (χ1v) is 7.45. The van der Waals surface area contributed by atoms with Crippen molar-refractivity contribution in [2.75, 3.05) is 14.2 Å². The third-order valence-electron chi connectivity index (χ3n) is 2.88. The van der Waals surface area contributed by atoms with Gasteiger partial charge >= 0.3 is 7.60 Å². The Morgan fingerprint density at radius 3 is 2.00 bits per heavy atom. The molecule has 0 atom stereocenters. The molecule has 2 aromatic carbocycles. The van der Waals surface area contributed by atoms with Gasteiger partial charge in [0.15, 0.2) is 0 Å². The average Bonchev–Trinajstić information content (AvgIpc) is 2.45. The van der Waals surface area contributed by atoms with E-state index in [4.69, 9.17) is 9.47 Å². The van der Waals surface area contributed by atoms with Crippen LogP contribution in [-0.4, -0.2) is 24.0 Å². The lowest BCUT2D eigenvalue weighted by molar-refractivity contribution is 0.387. The maximum absolute atomic E-state index is 11.6. The van der Waals surface area contributed by atoms with Gasteiger partial charge < -0.3 is 19.3 Å². The summed E-state index contributed by atoms with van der Waals surface area (Å²) in [6.45, 7) is 0. The first-order chi connectivity index (χ1) is 9.45. The number of rotatable bonds is 4. The minimum Gasteiger partial charge on any atom is -0.497 e. The van der Waals surface area contributed by atoms with Gasteiger partial charge in [-0.2, -0.15) is 0 Å². The molecule has 0 radical (unpaired) electrons. The minimum atomic E-state index is -4.35. The van der Waals surface area contributed by atoms with Crippen molar-refractivity contribution < 1.29 is 23.8 Å². The van der Waals surface area contributed by atoms with Crippen LogP contribution in [0.4, 0.5) is 0 Å². The van der Waals surface area contributed by atoms with E-state index in [0.717, 1.165) is 0 Å². The van der Waals surface area contributed by atoms with E-state index in [0.29, 0.717) is 22.6 Å². The molecule has 0 fully saturated rings. The second-order valence-electron chi connectivity index (χ2n) is 4.16. The van der Waals surface area contributed by atoms with E-state index in [1.54, 1.807) is 36.4 Å². The van der Waals surface area contributed by atoms with Crippen molar-refractivity contribution in [1.29, 1.82) is 0 Å². The predicted octanol–water partition coefficient (Wildman–Crippen LogP) is 2.17. The average molecular weight is 294 g/mol. The monoisotopic (exact) mass is 294 g/mol. The first-order valence-electron chi connectivity index (χ1n) is 5.84. The number of hydrogen-bond acceptors (Lipinski definition) is 3. The summed E-state index contributed by atoms with van der Waals surface area (Å²) >= 11 is 0. The lowest BCUT2D eigenvalue weighted by Gasteiger charge is -2.13. The molecule has 0 saturated heterocycles. The highest BCUT2D eigenvalue weighted by Gasteiger charge is 2.22. The summed E-state index contributed by atoms with van der Waals surface area (Å²) in [6.07, 6.45) is 0. The fourth-order valence-corrected chi connectivity index (χ4v) is 2.73. The Balaban J connectivity index is 2.65. The zero-order valence-electron chi connectivity index (χ0n) is 11.1. The van der Waals surface area contributed by atoms with Crippen LogP contribution in [0.5, 0.6) is 11.5 Å². The van der Waals surface area contributed by atoms with Crippen molar-refractivity contribution in [2.24, 2.45) is 0 Å². The molecular weight excluding hydrogens is 279 g/mol. The number of hydrogen-bond donors (Lipinski definition) is 2. The molecule has 0 bridgehead atoms. The molecular formula is C14H15O5P. The van der Waals surface area contributed by atoms with Gasteiger partial charge in [0.2, 0.25) is 0 Å². The second kappa shape index (κ2) is 5.67. The maximum Gasteiger partial charge on any atom is 0.356 e. The Morgan fingerprint density at radius 2 is 1.50 bits per heavy atom. The third-order valence-corrected chi connectivity index (χ3v) is 3.90. The molecule has 0 aliphatic rings. The summed E-state index contributed by atoms with van der Waals surface area (Å²) in [5.41, 5.74) is 1.08. The number of ether oxygens (including phenoxy) is 2. The Hall–Kier alpha value is -1.81. The molecule has 0 saturated carbocycles. The van der Waals surface area contributed by atoms with Gasteiger partial charge in [0, 0.05) is 6.07 Å². The first kappa shape index (κ1) is 14.6. The van der Waals surface area contributed by atoms with Gasteiger partial charge in [0.05, 0.1) is 19.5 Å². The summed E-state index contributed by atoms with van der Waals surface area (Å²) in [7, 11) is -1.31. The smallest absolute Gasteiger partial charge is 0.356 e. The third kappa shape index (κ3) is 3.02. The van der Waals surface area contributed by atoms with Gasteiger partial charge in [-0.1, -0.05) is 18.2 Å². The SMILES string of the molecule is COc1cc(OC)cc(-c2ccccc2P(=O)(O)O)c1. The number of benzene rings is 2. The fraction of sp³-hybridized carbons (Fsp3) is 0.143. The van der Waals surface area contributed by atoms with Crippen LogP contribution in [-0.2, 0) is 4.57 Å². The normalized spacial score (nSPS) is 11.2. The van der Waals surface area contributed by atoms with Crippen molar-refractivity contribution in [3.05, 3.63) is 42.5 Å². The second-order valence-corrected chi connectivity index (χ2v) is 5.73. The van der Waals surface area contributed by atoms with Crippen molar-refractivity contribution >= 4 is 12.9 Å². The Bertz CT molecular complexity index is 640. The Kier molecular flexibility index (Phi) is 4.14. The van der Waals surface area contributed by atoms with Crippen LogP contribution in [0.2, 0.25) is 0 Å². The highest BCUT2D eigenvalue weighted by molar-refractivity contribution is 7.60. The minimum absolute atomic E-state index is 0.0182. The van der Waals surface area contributed by atoms with E-state index in [2.05, 4.69) is 0 Å². The summed E-state index contributed by atoms with van der Waals surface area (Å²) in [5.74, 6) is 1.11. The van der Waals surface area contributed by atoms with Gasteiger partial charge in [-0.3, -0.25) is 4.57 Å². The van der Waals surface area contributed by atoms with Gasteiger partial charge in [-0.25, -0.2) is 0 Å². The lowest BCUT2D eigenvalue weighted by atomic mass is 10.1. The maximum atomic E-state index is 11.6. The van der Waals surface area contributed by atoms with E-state index in [1.807, 2.05) is 0 Å². The van der Waals surface area contributed by atoms with Crippen LogP contribution in [0.3, 0.4) is 0 Å². The van der Waals surface area contributed by atoms with Crippen molar-refractivity contribution in [2.45, 2.75) is 0 Å². The van der Waals surface area contributed by atoms with Gasteiger partial charge in [0.1, 0.15) is 11.5 Å². The standard InChI is InChI=1S/C14H15O5P/c1-18-11-7-10(8-12(9-11)19-2)13-5-3-4-6-14(13)20(15,16)17/h3-9H,1-2H3,(H2,15,16,17). The lowest BCUT2D eigenvalue weighted by Crippen LogP contribution is -2.07. The van der Waals surface area contributed by atoms with Crippen LogP contribution in [0.15, 0.2) is 42.5 Å². The molecule has 2 rings (SSSR count). The van der Waals surface area contributed by atoms with E-state index in [1.165, 1.54) is 20.3 Å². The van der Waals surface area contributed by atoms with Gasteiger partial charge in [-0.05, 0) is 29.3 Å². The highest BCUT2D eigenvalue weighted by Crippen LogP contribution is 2.39. The summed E-state index contributed by atoms with van der Waals surface area (Å²) in [6, 6.07) is 11.5. The van der Waals surface area contributed by atoms with Crippen molar-refractivity contribution in [3.63, 3.8) is 0 Å². The van der Waals surface area contributed by atoms with E-state index in [-0.39, 0.29) is 5.30 Å². The fourth-order valence-electron chi connectivity index (χ4n) is 1.93. The zero-order valence-corrected chi connectivity index (χ0v) is 12.0. The van der Waals surface area contributed by atoms with Crippen LogP contribution < -0.4 is 14.8 Å². The molecule has 0 spiro atoms. The number of methoxy groups -OCH3 is 2. The van der Waals surface area contributed by atoms with Gasteiger partial charge in [0.25, 0.3) is 0 Å². The van der Waals surface area contributed by atoms with Crippen molar-refractivity contribution in [3.8, 4) is 22.6 Å². The molecule has 6 heteroatoms. The molecule has 2 aromatic rings. The summed E-state index contributed by atoms with van der Waals surface area (Å²) < 4.78 is 21.9. The van der Waals surface area contributed by atoms with Crippen molar-refractivity contribution in [1.82, 2.24) is 0 Å². The molecule has 20 heavy (non-hydrogen) atoms. The van der Waals surface area contributed by atoms with E-state index >= 15 is 0 Å². The Morgan fingerprint density at radius 1 is 0.950 bits per heavy atom. The predicted molar refractivity (Wildman–Crippen MR) is 76.7 cm³/mol. The molecule has 5 nitrogen and oxygen atoms in total. The van der Waals surface area contributed by atoms with E-state index in [9.17, 15) is 14.4 Å². The quantitative estimate of drug-likeness (QED) is 0.845. The molecule has 106 valence electrons. The molecule has 0 heterocycles. The largest absolute Gasteiger partial charge is 0.497 e. The van der Waals surface area contributed by atoms with Crippen LogP contribution in [0.25, 0.3) is 11.1 Å². The molecule has 0 aliphatic heterocycles. The molecule has 2 N–H and O–H groups in total. The summed E-state index contributed by atoms with van der Waals surface area (Å²) in [4.78, 5) is 18.9. The zero-order chi connectivity index (χ0) is 14.8. The van der Waals surface area contributed by atoms with Crippen LogP contribution in [0, 0.1) is 0 Å². The highest BCUT2D eigenvalue weighted by atomic mass is 31.2. The van der Waals surface area contributed by atoms with Gasteiger partial charge in [-0.15, -0.1) is 0 Å². The van der Waals surface area contributed by atoms with Crippen LogP contribution >= 0.6 is 7.60 Å². The topological polar surface area (TPSA) is 76.0 Å². The van der Waals surface area contributed by atoms with Crippen LogP contribution in [0.1, 0.15) is 0 Å². The summed E-state index contributed by atoms with van der Waals surface area (Å²) in [5, 5.41) is -0.0182. The molecule has 0 amide bonds. The Labute approximate surface area is 116 Å².